The van der Waals surface area contributed by atoms with Gasteiger partial charge in [-0.3, -0.25) is 0 Å². The monoisotopic (exact) mass is 123 g/mol. The van der Waals surface area contributed by atoms with Gasteiger partial charge < -0.3 is 0 Å². The maximum Gasteiger partial charge on any atom is -0.0200 e. The quantitative estimate of drug-likeness (QED) is 0.470. The standard InChI is InChI=1S/C9H15/c1-8(2)7-9-5-3-4-6-9/h5,7,9H,3-4,6H2,1-2H3. The van der Waals surface area contributed by atoms with Crippen LogP contribution in [0.5, 0.6) is 0 Å². The maximum absolute atomic E-state index is 2.42. The molecule has 0 nitrogen and oxygen atoms in total. The van der Waals surface area contributed by atoms with Crippen LogP contribution in [0, 0.1) is 12.3 Å². The van der Waals surface area contributed by atoms with Crippen molar-refractivity contribution in [1.29, 1.82) is 0 Å². The van der Waals surface area contributed by atoms with Gasteiger partial charge in [-0.25, -0.2) is 0 Å². The Morgan fingerprint density at radius 1 is 1.56 bits per heavy atom. The van der Waals surface area contributed by atoms with Gasteiger partial charge in [-0.2, -0.15) is 0 Å². The van der Waals surface area contributed by atoms with E-state index in [-0.39, 0.29) is 0 Å². The summed E-state index contributed by atoms with van der Waals surface area (Å²) in [6.07, 6.45) is 8.90. The minimum absolute atomic E-state index is 0.801. The van der Waals surface area contributed by atoms with Gasteiger partial charge in [-0.05, 0) is 39.0 Å². The van der Waals surface area contributed by atoms with Crippen molar-refractivity contribution in [2.75, 3.05) is 0 Å². The Labute approximate surface area is 58.0 Å². The van der Waals surface area contributed by atoms with Crippen LogP contribution in [0.15, 0.2) is 11.6 Å². The summed E-state index contributed by atoms with van der Waals surface area (Å²) >= 11 is 0. The number of hydrogen-bond acceptors (Lipinski definition) is 0. The lowest BCUT2D eigenvalue weighted by molar-refractivity contribution is 0.757. The van der Waals surface area contributed by atoms with Crippen LogP contribution in [-0.2, 0) is 0 Å². The summed E-state index contributed by atoms with van der Waals surface area (Å²) in [4.78, 5) is 0. The zero-order chi connectivity index (χ0) is 6.69. The zero-order valence-corrected chi connectivity index (χ0v) is 6.35. The molecule has 1 radical (unpaired) electrons. The highest BCUT2D eigenvalue weighted by Gasteiger charge is 2.11. The molecule has 0 saturated heterocycles. The second-order valence-electron chi connectivity index (χ2n) is 3.07. The van der Waals surface area contributed by atoms with E-state index in [0.29, 0.717) is 0 Å². The molecule has 9 heavy (non-hydrogen) atoms. The molecule has 0 heterocycles. The second kappa shape index (κ2) is 3.05. The Balaban J connectivity index is 2.35. The van der Waals surface area contributed by atoms with Gasteiger partial charge in [0.15, 0.2) is 0 Å². The first-order valence-corrected chi connectivity index (χ1v) is 3.77. The van der Waals surface area contributed by atoms with E-state index in [1.165, 1.54) is 24.8 Å². The van der Waals surface area contributed by atoms with Crippen LogP contribution >= 0.6 is 0 Å². The third-order valence-electron chi connectivity index (χ3n) is 1.76. The summed E-state index contributed by atoms with van der Waals surface area (Å²) in [5, 5.41) is 0. The Morgan fingerprint density at radius 2 is 2.33 bits per heavy atom. The minimum atomic E-state index is 0.801. The van der Waals surface area contributed by atoms with Crippen molar-refractivity contribution < 1.29 is 0 Å². The molecule has 0 heteroatoms. The molecule has 0 aliphatic heterocycles. The summed E-state index contributed by atoms with van der Waals surface area (Å²) in [5.74, 6) is 0.801. The van der Waals surface area contributed by atoms with Gasteiger partial charge in [0.25, 0.3) is 0 Å². The molecule has 1 atom stereocenters. The average molecular weight is 123 g/mol. The number of hydrogen-bond donors (Lipinski definition) is 0. The zero-order valence-electron chi connectivity index (χ0n) is 6.35. The lowest BCUT2D eigenvalue weighted by Gasteiger charge is -1.99. The second-order valence-corrected chi connectivity index (χ2v) is 3.07. The number of allylic oxidation sites excluding steroid dienone is 2. The van der Waals surface area contributed by atoms with Gasteiger partial charge in [0.1, 0.15) is 0 Å². The topological polar surface area (TPSA) is 0 Å². The lowest BCUT2D eigenvalue weighted by atomic mass is 10.1. The van der Waals surface area contributed by atoms with E-state index in [9.17, 15) is 0 Å². The fourth-order valence-corrected chi connectivity index (χ4v) is 1.38. The van der Waals surface area contributed by atoms with Crippen molar-refractivity contribution in [3.63, 3.8) is 0 Å². The van der Waals surface area contributed by atoms with Crippen LogP contribution in [0.4, 0.5) is 0 Å². The third kappa shape index (κ3) is 2.21. The first-order chi connectivity index (χ1) is 4.29. The first-order valence-electron chi connectivity index (χ1n) is 3.77. The molecule has 1 fully saturated rings. The van der Waals surface area contributed by atoms with Gasteiger partial charge in [-0.1, -0.05) is 18.1 Å². The molecule has 1 unspecified atom stereocenters. The van der Waals surface area contributed by atoms with Crippen LogP contribution in [-0.4, -0.2) is 0 Å². The molecule has 51 valence electrons. The molecule has 0 aromatic rings. The van der Waals surface area contributed by atoms with Gasteiger partial charge in [0, 0.05) is 0 Å². The van der Waals surface area contributed by atoms with Crippen molar-refractivity contribution in [2.45, 2.75) is 33.1 Å². The van der Waals surface area contributed by atoms with Crippen LogP contribution in [0.1, 0.15) is 33.1 Å². The van der Waals surface area contributed by atoms with Crippen LogP contribution in [0.3, 0.4) is 0 Å². The van der Waals surface area contributed by atoms with E-state index in [0.717, 1.165) is 5.92 Å². The van der Waals surface area contributed by atoms with Crippen LogP contribution in [0.25, 0.3) is 0 Å². The summed E-state index contributed by atoms with van der Waals surface area (Å²) in [7, 11) is 0. The van der Waals surface area contributed by atoms with E-state index in [1.807, 2.05) is 0 Å². The molecule has 1 aliphatic carbocycles. The van der Waals surface area contributed by atoms with E-state index < -0.39 is 0 Å². The van der Waals surface area contributed by atoms with Gasteiger partial charge in [-0.15, -0.1) is 0 Å². The molecule has 0 aromatic carbocycles. The Kier molecular flexibility index (Phi) is 2.32. The molecule has 1 saturated carbocycles. The van der Waals surface area contributed by atoms with Crippen LogP contribution in [0.2, 0.25) is 0 Å². The molecular formula is C9H15. The maximum atomic E-state index is 2.42. The van der Waals surface area contributed by atoms with E-state index in [1.54, 1.807) is 0 Å². The average Bonchev–Trinajstić information content (AvgIpc) is 2.15. The highest BCUT2D eigenvalue weighted by molar-refractivity contribution is 5.04. The number of rotatable bonds is 1. The third-order valence-corrected chi connectivity index (χ3v) is 1.76. The van der Waals surface area contributed by atoms with E-state index in [2.05, 4.69) is 26.3 Å². The Hall–Kier alpha value is -0.260. The molecule has 0 N–H and O–H groups in total. The predicted molar refractivity (Wildman–Crippen MR) is 41.1 cm³/mol. The molecule has 0 aromatic heterocycles. The molecule has 1 aliphatic rings. The molecular weight excluding hydrogens is 108 g/mol. The fourth-order valence-electron chi connectivity index (χ4n) is 1.38. The minimum Gasteiger partial charge on any atom is -0.0825 e. The van der Waals surface area contributed by atoms with E-state index >= 15 is 0 Å². The van der Waals surface area contributed by atoms with Gasteiger partial charge in [0.2, 0.25) is 0 Å². The van der Waals surface area contributed by atoms with Gasteiger partial charge in [0.05, 0.1) is 0 Å². The summed E-state index contributed by atoms with van der Waals surface area (Å²) in [5.41, 5.74) is 1.46. The van der Waals surface area contributed by atoms with Gasteiger partial charge >= 0.3 is 0 Å². The highest BCUT2D eigenvalue weighted by atomic mass is 14.2. The Bertz CT molecular complexity index is 101. The molecule has 1 rings (SSSR count). The summed E-state index contributed by atoms with van der Waals surface area (Å²) in [6.45, 7) is 4.35. The molecule has 0 bridgehead atoms. The SMILES string of the molecule is CC(C)=CC1[CH]CCC1. The van der Waals surface area contributed by atoms with Crippen LogP contribution < -0.4 is 0 Å². The largest absolute Gasteiger partial charge is 0.0825 e. The fraction of sp³-hybridized carbons (Fsp3) is 0.667. The Morgan fingerprint density at radius 3 is 2.78 bits per heavy atom. The first kappa shape index (κ1) is 6.85. The highest BCUT2D eigenvalue weighted by Crippen LogP contribution is 2.25. The summed E-state index contributed by atoms with van der Waals surface area (Å²) in [6, 6.07) is 0. The van der Waals surface area contributed by atoms with Crippen molar-refractivity contribution in [1.82, 2.24) is 0 Å². The normalized spacial score (nSPS) is 20.2. The molecule has 0 amide bonds. The predicted octanol–water partition coefficient (Wildman–Crippen LogP) is 2.96. The van der Waals surface area contributed by atoms with Crippen molar-refractivity contribution in [2.24, 2.45) is 5.92 Å². The van der Waals surface area contributed by atoms with Crippen molar-refractivity contribution in [3.8, 4) is 0 Å². The van der Waals surface area contributed by atoms with E-state index in [4.69, 9.17) is 0 Å². The van der Waals surface area contributed by atoms with Crippen molar-refractivity contribution in [3.05, 3.63) is 18.1 Å². The summed E-state index contributed by atoms with van der Waals surface area (Å²) < 4.78 is 0. The van der Waals surface area contributed by atoms with Crippen molar-refractivity contribution >= 4 is 0 Å². The smallest absolute Gasteiger partial charge is 0.0200 e. The molecule has 0 spiro atoms. The lowest BCUT2D eigenvalue weighted by Crippen LogP contribution is -1.87.